The molecule has 0 aromatic rings. The molecule has 0 heterocycles. The number of nitrogens with zero attached hydrogens (tertiary/aromatic N) is 1. The van der Waals surface area contributed by atoms with Crippen molar-refractivity contribution in [2.75, 3.05) is 47.5 Å². The van der Waals surface area contributed by atoms with E-state index in [0.29, 0.717) is 17.4 Å². The molecule has 0 aliphatic carbocycles. The summed E-state index contributed by atoms with van der Waals surface area (Å²) in [4.78, 5) is 37.3. The smallest absolute Gasteiger partial charge is 0.306 e. The highest BCUT2D eigenvalue weighted by Gasteiger charge is 2.22. The molecule has 0 amide bonds. The second kappa shape index (κ2) is 61.8. The van der Waals surface area contributed by atoms with Gasteiger partial charge in [0.05, 0.1) is 40.3 Å². The van der Waals surface area contributed by atoms with Gasteiger partial charge in [0.25, 0.3) is 0 Å². The number of esters is 2. The van der Waals surface area contributed by atoms with Crippen molar-refractivity contribution < 1.29 is 42.9 Å². The Morgan fingerprint density at radius 2 is 0.684 bits per heavy atom. The van der Waals surface area contributed by atoms with Crippen LogP contribution in [0.5, 0.6) is 0 Å². The Bertz CT molecular complexity index is 1340. The minimum atomic E-state index is -1.62. The van der Waals surface area contributed by atoms with Crippen molar-refractivity contribution in [2.45, 2.75) is 360 Å². The molecule has 2 unspecified atom stereocenters. The number of allylic oxidation sites excluding steroid dienone is 4. The fourth-order valence-electron chi connectivity index (χ4n) is 10.4. The molecular formula is C70H133NO8. The molecule has 0 aromatic carbocycles. The van der Waals surface area contributed by atoms with Crippen molar-refractivity contribution >= 4 is 17.9 Å². The van der Waals surface area contributed by atoms with Crippen molar-refractivity contribution in [3.8, 4) is 0 Å². The molecule has 79 heavy (non-hydrogen) atoms. The number of unbranched alkanes of at least 4 members (excludes halogenated alkanes) is 46. The third-order valence-electron chi connectivity index (χ3n) is 15.7. The van der Waals surface area contributed by atoms with Gasteiger partial charge in [-0.3, -0.25) is 9.59 Å². The summed E-state index contributed by atoms with van der Waals surface area (Å²) in [6, 6.07) is 0. The van der Waals surface area contributed by atoms with Gasteiger partial charge in [-0.1, -0.05) is 314 Å². The van der Waals surface area contributed by atoms with Crippen LogP contribution in [-0.2, 0) is 33.3 Å². The van der Waals surface area contributed by atoms with Gasteiger partial charge in [-0.25, -0.2) is 0 Å². The number of aliphatic carboxylic acids is 1. The fraction of sp³-hybridized carbons (Fsp3) is 0.900. The molecule has 0 aliphatic heterocycles. The normalized spacial score (nSPS) is 12.8. The molecule has 0 rings (SSSR count). The van der Waals surface area contributed by atoms with Crippen LogP contribution in [0.15, 0.2) is 24.3 Å². The number of ether oxygens (including phenoxy) is 4. The number of carbonyl (C=O) groups excluding carboxylic acids is 3. The molecule has 0 spiro atoms. The third kappa shape index (κ3) is 63.2. The van der Waals surface area contributed by atoms with E-state index in [2.05, 4.69) is 38.2 Å². The largest absolute Gasteiger partial charge is 0.545 e. The second-order valence-electron chi connectivity index (χ2n) is 24.8. The van der Waals surface area contributed by atoms with Crippen LogP contribution in [0, 0.1) is 0 Å². The number of rotatable bonds is 65. The zero-order chi connectivity index (χ0) is 57.6. The Morgan fingerprint density at radius 1 is 0.380 bits per heavy atom. The summed E-state index contributed by atoms with van der Waals surface area (Å²) in [6.45, 7) is 4.80. The average molecular weight is 1120 g/mol. The van der Waals surface area contributed by atoms with Crippen LogP contribution < -0.4 is 5.11 Å². The highest BCUT2D eigenvalue weighted by atomic mass is 16.7. The van der Waals surface area contributed by atoms with Crippen molar-refractivity contribution in [3.63, 3.8) is 0 Å². The van der Waals surface area contributed by atoms with Crippen LogP contribution in [-0.4, -0.2) is 82.3 Å². The number of quaternary nitrogens is 1. The van der Waals surface area contributed by atoms with E-state index in [1.807, 2.05) is 21.1 Å². The molecule has 9 heteroatoms. The van der Waals surface area contributed by atoms with Gasteiger partial charge in [0.15, 0.2) is 12.4 Å². The summed E-state index contributed by atoms with van der Waals surface area (Å²) in [5.74, 6) is -2.25. The van der Waals surface area contributed by atoms with Crippen LogP contribution in [0.2, 0.25) is 0 Å². The van der Waals surface area contributed by atoms with Crippen LogP contribution in [0.1, 0.15) is 348 Å². The molecule has 0 fully saturated rings. The molecule has 0 N–H and O–H groups in total. The summed E-state index contributed by atoms with van der Waals surface area (Å²) < 4.78 is 22.8. The number of hydrogen-bond donors (Lipinski definition) is 0. The number of hydrogen-bond acceptors (Lipinski definition) is 8. The summed E-state index contributed by atoms with van der Waals surface area (Å²) in [5, 5.41) is 11.8. The lowest BCUT2D eigenvalue weighted by Gasteiger charge is -2.26. The average Bonchev–Trinajstić information content (AvgIpc) is 3.42. The van der Waals surface area contributed by atoms with Gasteiger partial charge in [0.2, 0.25) is 0 Å². The molecule has 0 aromatic heterocycles. The molecule has 9 nitrogen and oxygen atoms in total. The first-order valence-electron chi connectivity index (χ1n) is 34.5. The van der Waals surface area contributed by atoms with E-state index in [1.54, 1.807) is 0 Å². The van der Waals surface area contributed by atoms with Gasteiger partial charge in [0, 0.05) is 12.8 Å². The van der Waals surface area contributed by atoms with Gasteiger partial charge in [-0.15, -0.1) is 0 Å². The van der Waals surface area contributed by atoms with Crippen LogP contribution in [0.3, 0.4) is 0 Å². The summed E-state index contributed by atoms with van der Waals surface area (Å²) in [6.07, 6.45) is 72.8. The second-order valence-corrected chi connectivity index (χ2v) is 24.8. The van der Waals surface area contributed by atoms with E-state index in [9.17, 15) is 19.5 Å². The van der Waals surface area contributed by atoms with E-state index >= 15 is 0 Å². The monoisotopic (exact) mass is 1120 g/mol. The minimum absolute atomic E-state index is 0.152. The van der Waals surface area contributed by atoms with Gasteiger partial charge >= 0.3 is 11.9 Å². The lowest BCUT2D eigenvalue weighted by atomic mass is 10.0. The summed E-state index contributed by atoms with van der Waals surface area (Å²) in [7, 11) is 5.94. The molecule has 2 atom stereocenters. The highest BCUT2D eigenvalue weighted by molar-refractivity contribution is 5.70. The zero-order valence-corrected chi connectivity index (χ0v) is 53.3. The van der Waals surface area contributed by atoms with E-state index < -0.39 is 24.3 Å². The van der Waals surface area contributed by atoms with E-state index in [-0.39, 0.29) is 32.2 Å². The Balaban J connectivity index is 3.92. The maximum absolute atomic E-state index is 12.9. The fourth-order valence-corrected chi connectivity index (χ4v) is 10.4. The van der Waals surface area contributed by atoms with Crippen LogP contribution >= 0.6 is 0 Å². The predicted octanol–water partition coefficient (Wildman–Crippen LogP) is 19.7. The van der Waals surface area contributed by atoms with Gasteiger partial charge in [-0.05, 0) is 44.9 Å². The first kappa shape index (κ1) is 76.8. The Labute approximate surface area is 490 Å². The molecule has 0 saturated carbocycles. The number of carboxylic acid groups (broad SMARTS) is 1. The molecule has 0 saturated heterocycles. The first-order chi connectivity index (χ1) is 38.6. The lowest BCUT2D eigenvalue weighted by Crippen LogP contribution is -2.44. The maximum Gasteiger partial charge on any atom is 0.306 e. The van der Waals surface area contributed by atoms with Crippen LogP contribution in [0.25, 0.3) is 0 Å². The SMILES string of the molecule is CCCCCCC/C=C\C/C=C\CCCCCCCCCCCCCCCCCCCCCCCCCCCCCC(=O)OC(COC(=O)CCCCCCCCCCCCCCCCC)COC(OCC[N+](C)(C)C)C(=O)[O-]. The molecule has 0 radical (unpaired) electrons. The van der Waals surface area contributed by atoms with E-state index in [0.717, 1.165) is 44.9 Å². The van der Waals surface area contributed by atoms with Gasteiger partial charge in [-0.2, -0.15) is 0 Å². The Hall–Kier alpha value is -2.23. The van der Waals surface area contributed by atoms with Gasteiger partial charge < -0.3 is 33.3 Å². The third-order valence-corrected chi connectivity index (χ3v) is 15.7. The van der Waals surface area contributed by atoms with Crippen molar-refractivity contribution in [1.29, 1.82) is 0 Å². The molecular weight excluding hydrogens is 983 g/mol. The molecule has 0 bridgehead atoms. The van der Waals surface area contributed by atoms with Crippen molar-refractivity contribution in [1.82, 2.24) is 0 Å². The Kier molecular flexibility index (Phi) is 60.1. The molecule has 0 aliphatic rings. The number of likely N-dealkylation sites (N-methyl/N-ethyl adjacent to an activating group) is 1. The van der Waals surface area contributed by atoms with Crippen molar-refractivity contribution in [3.05, 3.63) is 24.3 Å². The number of carboxylic acids is 1. The van der Waals surface area contributed by atoms with Crippen LogP contribution in [0.4, 0.5) is 0 Å². The van der Waals surface area contributed by atoms with Gasteiger partial charge in [0.1, 0.15) is 13.2 Å². The maximum atomic E-state index is 12.9. The summed E-state index contributed by atoms with van der Waals surface area (Å²) >= 11 is 0. The predicted molar refractivity (Wildman–Crippen MR) is 334 cm³/mol. The van der Waals surface area contributed by atoms with E-state index in [4.69, 9.17) is 18.9 Å². The standard InChI is InChI=1S/C70H133NO8/c1-6-8-10-12-14-16-18-20-22-23-24-25-26-27-28-29-30-31-32-33-34-35-36-37-38-39-40-41-42-43-44-45-47-49-51-53-55-57-59-61-68(73)79-66(65-78-70(69(74)75)76-63-62-71(3,4)5)64-77-67(72)60-58-56-54-52-50-48-46-21-19-17-15-13-11-9-7-2/h18,20,23-24,66,70H,6-17,19,21-22,25-65H2,1-5H3/b20-18-,24-23-. The number of carbonyl (C=O) groups is 3. The minimum Gasteiger partial charge on any atom is -0.545 e. The topological polar surface area (TPSA) is 111 Å². The quantitative estimate of drug-likeness (QED) is 0.0195. The Morgan fingerprint density at radius 3 is 1.00 bits per heavy atom. The molecule has 466 valence electrons. The lowest BCUT2D eigenvalue weighted by molar-refractivity contribution is -0.870. The zero-order valence-electron chi connectivity index (χ0n) is 53.3. The first-order valence-corrected chi connectivity index (χ1v) is 34.5. The van der Waals surface area contributed by atoms with E-state index in [1.165, 1.54) is 276 Å². The van der Waals surface area contributed by atoms with Crippen molar-refractivity contribution in [2.24, 2.45) is 0 Å². The summed E-state index contributed by atoms with van der Waals surface area (Å²) in [5.41, 5.74) is 0. The highest BCUT2D eigenvalue weighted by Crippen LogP contribution is 2.19.